The Morgan fingerprint density at radius 2 is 0.413 bits per heavy atom. The zero-order chi connectivity index (χ0) is 82.1. The minimum atomic E-state index is 0. The van der Waals surface area contributed by atoms with Crippen LogP contribution < -0.4 is 4.90 Å². The number of aromatic nitrogens is 6. The molecule has 602 valence electrons. The van der Waals surface area contributed by atoms with Crippen molar-refractivity contribution in [3.05, 3.63) is 340 Å². The van der Waals surface area contributed by atoms with Crippen LogP contribution in [0.2, 0.25) is 0 Å². The average Bonchev–Trinajstić information content (AvgIpc) is 0.784. The molecule has 0 radical (unpaired) electrons. The highest BCUT2D eigenvalue weighted by atomic mass is 15.1. The van der Waals surface area contributed by atoms with Crippen LogP contribution >= 0.6 is 0 Å². The van der Waals surface area contributed by atoms with Crippen molar-refractivity contribution in [1.29, 1.82) is 0 Å². The average molecular weight is 1480 g/mol. The maximum Gasteiger partial charge on any atom is 0.119 e. The number of aryl methyl sites for hydroxylation is 2. The molecule has 0 saturated carbocycles. The van der Waals surface area contributed by atoms with Crippen molar-refractivity contribution in [2.45, 2.75) is 230 Å². The van der Waals surface area contributed by atoms with Gasteiger partial charge in [-0.1, -0.05) is 447 Å². The van der Waals surface area contributed by atoms with Crippen molar-refractivity contribution in [1.82, 2.24) is 29.9 Å². The minimum absolute atomic E-state index is 0. The smallest absolute Gasteiger partial charge is 0.119 e. The predicted octanol–water partition coefficient (Wildman–Crippen LogP) is 34.3. The second-order valence-electron chi connectivity index (χ2n) is 17.4. The van der Waals surface area contributed by atoms with Crippen LogP contribution in [0.3, 0.4) is 0 Å². The highest BCUT2D eigenvalue weighted by molar-refractivity contribution is 6.09. The number of fused-ring (bicyclic) bond motifs is 6. The molecule has 14 rings (SSSR count). The Labute approximate surface area is 673 Å². The van der Waals surface area contributed by atoms with E-state index in [0.717, 1.165) is 0 Å². The molecule has 3 aromatic heterocycles. The summed E-state index contributed by atoms with van der Waals surface area (Å²) in [6, 6.07) is 95.7. The number of hydrogen-bond donors (Lipinski definition) is 0. The van der Waals surface area contributed by atoms with Gasteiger partial charge in [0.05, 0.1) is 0 Å². The van der Waals surface area contributed by atoms with E-state index in [1.54, 1.807) is 30.9 Å². The second kappa shape index (κ2) is 102. The highest BCUT2D eigenvalue weighted by Crippen LogP contribution is 2.29. The Balaban J connectivity index is -0.000000108. The molecule has 0 amide bonds. The van der Waals surface area contributed by atoms with E-state index in [1.807, 2.05) is 261 Å². The fourth-order valence-electron chi connectivity index (χ4n) is 8.22. The molecule has 0 aliphatic carbocycles. The molecule has 7 nitrogen and oxygen atoms in total. The summed E-state index contributed by atoms with van der Waals surface area (Å²) < 4.78 is 0. The third kappa shape index (κ3) is 58.5. The molecular weight excluding hydrogens is 1320 g/mol. The molecule has 0 atom stereocenters. The third-order valence-electron chi connectivity index (χ3n) is 12.1. The number of hydrogen-bond acceptors (Lipinski definition) is 7. The zero-order valence-corrected chi connectivity index (χ0v) is 72.3. The molecule has 0 aliphatic rings. The summed E-state index contributed by atoms with van der Waals surface area (Å²) in [6.45, 7) is 60.4. The van der Waals surface area contributed by atoms with Gasteiger partial charge < -0.3 is 4.90 Å². The Kier molecular flexibility index (Phi) is 115. The van der Waals surface area contributed by atoms with E-state index >= 15 is 0 Å². The normalized spacial score (nSPS) is 7.73. The maximum atomic E-state index is 3.78. The van der Waals surface area contributed by atoms with Crippen LogP contribution in [0, 0.1) is 13.8 Å². The lowest BCUT2D eigenvalue weighted by atomic mass is 9.98. The van der Waals surface area contributed by atoms with Gasteiger partial charge in [0.2, 0.25) is 0 Å². The first kappa shape index (κ1) is 123. The van der Waals surface area contributed by atoms with Crippen LogP contribution in [0.1, 0.15) is 227 Å². The molecular formula is C102H159N7. The number of anilines is 2. The summed E-state index contributed by atoms with van der Waals surface area (Å²) in [7, 11) is 2.07. The van der Waals surface area contributed by atoms with Gasteiger partial charge in [-0.2, -0.15) is 0 Å². The largest absolute Gasteiger partial charge is 0.345 e. The van der Waals surface area contributed by atoms with Crippen molar-refractivity contribution in [3.63, 3.8) is 0 Å². The standard InChI is InChI=1S/2C15H12.C13H13N.C10H8.C6H6.C5H5N.C4H4N2.C3H3N3.14C2H6.3CH4/c1-11-14-8-4-2-6-12(14)10-13-7-3-5-9-15(11)13;1-11-10-12-6-2-3-8-14(12)15-9-5-4-7-13(11)15;1-14(12-8-4-2-5-9-12)13-10-6-3-7-11-13;1-2-6-10-8-4-3-7-9(10)5-1;2*1-2-4-6-5-3-1;1-2-5-4-6-3-1;1-4-2-6-3-5-1;14*1-2;;;/h2*2-10H,1H3;2-11H,1H3;1-8H;1-6H;1-5H;1-4H;1-3H;14*1-2H3;3*1H4. The maximum absolute atomic E-state index is 3.78. The van der Waals surface area contributed by atoms with E-state index in [4.69, 9.17) is 0 Å². The van der Waals surface area contributed by atoms with E-state index in [9.17, 15) is 0 Å². The van der Waals surface area contributed by atoms with E-state index in [0.29, 0.717) is 0 Å². The van der Waals surface area contributed by atoms with Crippen LogP contribution in [0.25, 0.3) is 53.9 Å². The lowest BCUT2D eigenvalue weighted by Crippen LogP contribution is -2.08. The van der Waals surface area contributed by atoms with Crippen LogP contribution in [0.5, 0.6) is 0 Å². The van der Waals surface area contributed by atoms with E-state index in [2.05, 4.69) is 262 Å². The van der Waals surface area contributed by atoms with Gasteiger partial charge in [-0.15, -0.1) is 0 Å². The van der Waals surface area contributed by atoms with Crippen molar-refractivity contribution in [2.24, 2.45) is 0 Å². The van der Waals surface area contributed by atoms with E-state index < -0.39 is 0 Å². The Hall–Kier alpha value is -10.2. The monoisotopic (exact) mass is 1480 g/mol. The quantitative estimate of drug-likeness (QED) is 0.126. The van der Waals surface area contributed by atoms with Crippen LogP contribution in [-0.4, -0.2) is 37.0 Å². The molecule has 0 saturated heterocycles. The SMILES string of the molecule is C.C.C.CC.CC.CC.CC.CC.CC.CC.CC.CC.CC.CC.CC.CC.CC.CN(c1ccccc1)c1ccccc1.Cc1c2ccccc2cc2ccccc12.Cc1cc2ccccc2c2ccccc12.c1ccc2ccccc2c1.c1ccccc1.c1ccncc1.c1cncnc1.c1ncncn1. The number of para-hydroxylation sites is 2. The van der Waals surface area contributed by atoms with Crippen molar-refractivity contribution >= 4 is 65.2 Å². The van der Waals surface area contributed by atoms with Gasteiger partial charge in [0, 0.05) is 43.2 Å². The fraction of sp³-hybridized carbons (Fsp3) is 0.333. The molecule has 3 heterocycles. The summed E-state index contributed by atoms with van der Waals surface area (Å²) in [4.78, 5) is 24.0. The molecule has 0 aliphatic heterocycles. The molecule has 0 unspecified atom stereocenters. The summed E-state index contributed by atoms with van der Waals surface area (Å²) in [5.41, 5.74) is 5.14. The van der Waals surface area contributed by atoms with Crippen molar-refractivity contribution < 1.29 is 0 Å². The second-order valence-corrected chi connectivity index (χ2v) is 17.4. The van der Waals surface area contributed by atoms with Gasteiger partial charge in [-0.3, -0.25) is 4.98 Å². The predicted molar refractivity (Wildman–Crippen MR) is 509 cm³/mol. The van der Waals surface area contributed by atoms with Gasteiger partial charge in [-0.25, -0.2) is 24.9 Å². The van der Waals surface area contributed by atoms with Crippen molar-refractivity contribution in [2.75, 3.05) is 11.9 Å². The highest BCUT2D eigenvalue weighted by Gasteiger charge is 2.04. The van der Waals surface area contributed by atoms with Crippen LogP contribution in [-0.2, 0) is 0 Å². The molecule has 7 heteroatoms. The number of rotatable bonds is 2. The third-order valence-corrected chi connectivity index (χ3v) is 12.1. The molecule has 14 aromatic rings. The first-order valence-electron chi connectivity index (χ1n) is 39.7. The fourth-order valence-corrected chi connectivity index (χ4v) is 8.22. The molecule has 0 spiro atoms. The van der Waals surface area contributed by atoms with Gasteiger partial charge >= 0.3 is 0 Å². The number of pyridine rings is 1. The molecule has 109 heavy (non-hydrogen) atoms. The van der Waals surface area contributed by atoms with Gasteiger partial charge in [0.25, 0.3) is 0 Å². The minimum Gasteiger partial charge on any atom is -0.345 e. The first-order valence-corrected chi connectivity index (χ1v) is 39.7. The summed E-state index contributed by atoms with van der Waals surface area (Å²) in [5, 5.41) is 13.4. The molecule has 0 bridgehead atoms. The summed E-state index contributed by atoms with van der Waals surface area (Å²) >= 11 is 0. The summed E-state index contributed by atoms with van der Waals surface area (Å²) in [6.07, 6.45) is 12.7. The van der Waals surface area contributed by atoms with E-state index in [-0.39, 0.29) is 22.3 Å². The van der Waals surface area contributed by atoms with Gasteiger partial charge in [0.1, 0.15) is 25.3 Å². The number of nitrogens with zero attached hydrogens (tertiary/aromatic N) is 7. The van der Waals surface area contributed by atoms with Gasteiger partial charge in [0.15, 0.2) is 0 Å². The van der Waals surface area contributed by atoms with Crippen LogP contribution in [0.15, 0.2) is 329 Å². The molecule has 0 fully saturated rings. The Morgan fingerprint density at radius 1 is 0.193 bits per heavy atom. The topological polar surface area (TPSA) is 80.6 Å². The Morgan fingerprint density at radius 3 is 0.670 bits per heavy atom. The van der Waals surface area contributed by atoms with Crippen LogP contribution in [0.4, 0.5) is 11.4 Å². The Bertz CT molecular complexity index is 3430. The lowest BCUT2D eigenvalue weighted by molar-refractivity contribution is 1.05. The van der Waals surface area contributed by atoms with Crippen molar-refractivity contribution in [3.8, 4) is 0 Å². The van der Waals surface area contributed by atoms with E-state index in [1.165, 1.54) is 102 Å². The first-order chi connectivity index (χ1) is 52.6. The van der Waals surface area contributed by atoms with Gasteiger partial charge in [-0.05, 0) is 127 Å². The molecule has 11 aromatic carbocycles. The number of benzene rings is 11. The lowest BCUT2D eigenvalue weighted by Gasteiger charge is -2.18. The molecule has 0 N–H and O–H groups in total. The summed E-state index contributed by atoms with van der Waals surface area (Å²) in [5.74, 6) is 0. The zero-order valence-electron chi connectivity index (χ0n) is 72.3.